The fraction of sp³-hybridized carbons (Fsp3) is 0.273. The highest BCUT2D eigenvalue weighted by molar-refractivity contribution is 6.33. The highest BCUT2D eigenvalue weighted by Crippen LogP contribution is 2.31. The second-order valence-corrected chi connectivity index (χ2v) is 3.79. The molecule has 5 heteroatoms. The van der Waals surface area contributed by atoms with E-state index in [0.717, 1.165) is 16.2 Å². The molecular formula is C11H11ClN2O2. The van der Waals surface area contributed by atoms with Gasteiger partial charge in [0.15, 0.2) is 0 Å². The molecule has 1 aliphatic heterocycles. The van der Waals surface area contributed by atoms with Gasteiger partial charge in [-0.25, -0.2) is 4.90 Å². The Morgan fingerprint density at radius 2 is 2.31 bits per heavy atom. The Labute approximate surface area is 98.2 Å². The maximum Gasteiger partial charge on any atom is 0.248 e. The fourth-order valence-electron chi connectivity index (χ4n) is 1.81. The zero-order chi connectivity index (χ0) is 11.7. The Kier molecular flexibility index (Phi) is 2.83. The first-order valence-electron chi connectivity index (χ1n) is 4.90. The molecule has 1 N–H and O–H groups in total. The Bertz CT molecular complexity index is 459. The molecule has 0 fully saturated rings. The molecule has 1 aromatic carbocycles. The molecule has 4 nitrogen and oxygen atoms in total. The average Bonchev–Trinajstić information content (AvgIpc) is 2.62. The van der Waals surface area contributed by atoms with E-state index in [1.165, 1.54) is 0 Å². The van der Waals surface area contributed by atoms with Crippen molar-refractivity contribution >= 4 is 34.8 Å². The lowest BCUT2D eigenvalue weighted by atomic mass is 10.1. The molecule has 2 rings (SSSR count). The van der Waals surface area contributed by atoms with Crippen molar-refractivity contribution in [3.05, 3.63) is 23.8 Å². The molecule has 0 radical (unpaired) electrons. The Balaban J connectivity index is 2.42. The highest BCUT2D eigenvalue weighted by atomic mass is 35.5. The van der Waals surface area contributed by atoms with Crippen LogP contribution >= 0.6 is 11.6 Å². The summed E-state index contributed by atoms with van der Waals surface area (Å²) < 4.78 is 0. The lowest BCUT2D eigenvalue weighted by molar-refractivity contribution is -0.124. The molecule has 0 bridgehead atoms. The number of rotatable bonds is 2. The van der Waals surface area contributed by atoms with Gasteiger partial charge in [0.05, 0.1) is 12.1 Å². The maximum absolute atomic E-state index is 11.7. The predicted octanol–water partition coefficient (Wildman–Crippen LogP) is 1.38. The van der Waals surface area contributed by atoms with Crippen molar-refractivity contribution in [2.75, 3.05) is 23.1 Å². The van der Waals surface area contributed by atoms with Gasteiger partial charge in [0.1, 0.15) is 5.88 Å². The number of hydrogen-bond acceptors (Lipinski definition) is 3. The van der Waals surface area contributed by atoms with Crippen LogP contribution in [0.1, 0.15) is 5.56 Å². The van der Waals surface area contributed by atoms with Crippen LogP contribution in [0.2, 0.25) is 0 Å². The first-order valence-corrected chi connectivity index (χ1v) is 5.43. The molecule has 0 aromatic heterocycles. The van der Waals surface area contributed by atoms with Gasteiger partial charge in [-0.1, -0.05) is 0 Å². The van der Waals surface area contributed by atoms with Crippen LogP contribution in [-0.2, 0) is 16.0 Å². The molecule has 16 heavy (non-hydrogen) atoms. The second kappa shape index (κ2) is 4.14. The number of halogens is 1. The summed E-state index contributed by atoms with van der Waals surface area (Å²) >= 11 is 5.47. The topological polar surface area (TPSA) is 49.4 Å². The van der Waals surface area contributed by atoms with E-state index in [2.05, 4.69) is 5.32 Å². The van der Waals surface area contributed by atoms with Gasteiger partial charge in [-0.15, -0.1) is 11.6 Å². The van der Waals surface area contributed by atoms with E-state index in [1.54, 1.807) is 13.1 Å². The molecule has 1 heterocycles. The zero-order valence-corrected chi connectivity index (χ0v) is 9.54. The molecule has 0 spiro atoms. The Hall–Kier alpha value is -1.55. The van der Waals surface area contributed by atoms with Gasteiger partial charge >= 0.3 is 0 Å². The van der Waals surface area contributed by atoms with Crippen molar-refractivity contribution < 1.29 is 9.59 Å². The molecule has 0 atom stereocenters. The number of carbonyl (C=O) groups excluding carboxylic acids is 2. The summed E-state index contributed by atoms with van der Waals surface area (Å²) in [7, 11) is 1.81. The van der Waals surface area contributed by atoms with Crippen LogP contribution < -0.4 is 10.2 Å². The summed E-state index contributed by atoms with van der Waals surface area (Å²) in [4.78, 5) is 24.3. The Morgan fingerprint density at radius 1 is 1.56 bits per heavy atom. The normalized spacial score (nSPS) is 13.9. The van der Waals surface area contributed by atoms with Gasteiger partial charge in [0.25, 0.3) is 0 Å². The zero-order valence-electron chi connectivity index (χ0n) is 8.79. The largest absolute Gasteiger partial charge is 0.388 e. The summed E-state index contributed by atoms with van der Waals surface area (Å²) in [5.41, 5.74) is 2.43. The summed E-state index contributed by atoms with van der Waals surface area (Å²) in [5.74, 6) is -0.768. The summed E-state index contributed by atoms with van der Waals surface area (Å²) in [6.45, 7) is 0. The monoisotopic (exact) mass is 238 g/mol. The van der Waals surface area contributed by atoms with Gasteiger partial charge < -0.3 is 5.32 Å². The first-order chi connectivity index (χ1) is 7.67. The maximum atomic E-state index is 11.7. The van der Waals surface area contributed by atoms with Crippen LogP contribution in [0.5, 0.6) is 0 Å². The van der Waals surface area contributed by atoms with Crippen molar-refractivity contribution in [2.45, 2.75) is 6.42 Å². The standard InChI is InChI=1S/C11H11ClN2O2/c1-13-8-2-3-9-7(4-8)5-10(15)14(9)11(16)6-12/h2-4,13H,5-6H2,1H3. The van der Waals surface area contributed by atoms with Crippen LogP contribution in [0, 0.1) is 0 Å². The Morgan fingerprint density at radius 3 is 2.94 bits per heavy atom. The van der Waals surface area contributed by atoms with Crippen molar-refractivity contribution in [1.82, 2.24) is 0 Å². The number of benzene rings is 1. The number of fused-ring (bicyclic) bond motifs is 1. The minimum Gasteiger partial charge on any atom is -0.388 e. The number of anilines is 2. The van der Waals surface area contributed by atoms with E-state index in [9.17, 15) is 9.59 Å². The number of nitrogens with zero attached hydrogens (tertiary/aromatic N) is 1. The van der Waals surface area contributed by atoms with Crippen LogP contribution in [-0.4, -0.2) is 24.7 Å². The molecule has 1 aromatic rings. The smallest absolute Gasteiger partial charge is 0.248 e. The fourth-order valence-corrected chi connectivity index (χ4v) is 1.93. The summed E-state index contributed by atoms with van der Waals surface area (Å²) in [5, 5.41) is 2.99. The van der Waals surface area contributed by atoms with Crippen molar-refractivity contribution in [2.24, 2.45) is 0 Å². The van der Waals surface area contributed by atoms with E-state index in [1.807, 2.05) is 12.1 Å². The van der Waals surface area contributed by atoms with Crippen molar-refractivity contribution in [3.63, 3.8) is 0 Å². The lowest BCUT2D eigenvalue weighted by Gasteiger charge is -2.13. The number of nitrogens with one attached hydrogen (secondary N) is 1. The number of amides is 2. The molecule has 84 valence electrons. The number of imide groups is 1. The van der Waals surface area contributed by atoms with Crippen LogP contribution in [0.25, 0.3) is 0 Å². The molecule has 1 aliphatic rings. The van der Waals surface area contributed by atoms with Gasteiger partial charge in [-0.3, -0.25) is 9.59 Å². The van der Waals surface area contributed by atoms with E-state index in [-0.39, 0.29) is 24.1 Å². The number of hydrogen-bond donors (Lipinski definition) is 1. The molecule has 0 unspecified atom stereocenters. The van der Waals surface area contributed by atoms with Gasteiger partial charge in [-0.2, -0.15) is 0 Å². The molecule has 0 aliphatic carbocycles. The summed E-state index contributed by atoms with van der Waals surface area (Å²) in [6, 6.07) is 5.46. The van der Waals surface area contributed by atoms with Crippen LogP contribution in [0.4, 0.5) is 11.4 Å². The van der Waals surface area contributed by atoms with Crippen molar-refractivity contribution in [1.29, 1.82) is 0 Å². The quantitative estimate of drug-likeness (QED) is 0.792. The van der Waals surface area contributed by atoms with Crippen molar-refractivity contribution in [3.8, 4) is 0 Å². The van der Waals surface area contributed by atoms with Gasteiger partial charge in [-0.05, 0) is 23.8 Å². The van der Waals surface area contributed by atoms with Crippen LogP contribution in [0.15, 0.2) is 18.2 Å². The lowest BCUT2D eigenvalue weighted by Crippen LogP contribution is -2.34. The third-order valence-electron chi connectivity index (χ3n) is 2.56. The van der Waals surface area contributed by atoms with Gasteiger partial charge in [0, 0.05) is 12.7 Å². The average molecular weight is 239 g/mol. The van der Waals surface area contributed by atoms with E-state index < -0.39 is 0 Å². The molecular weight excluding hydrogens is 228 g/mol. The number of alkyl halides is 1. The van der Waals surface area contributed by atoms with E-state index >= 15 is 0 Å². The minimum absolute atomic E-state index is 0.182. The summed E-state index contributed by atoms with van der Waals surface area (Å²) in [6.07, 6.45) is 0.257. The highest BCUT2D eigenvalue weighted by Gasteiger charge is 2.31. The molecule has 2 amide bonds. The van der Waals surface area contributed by atoms with Crippen LogP contribution in [0.3, 0.4) is 0 Å². The third kappa shape index (κ3) is 1.65. The van der Waals surface area contributed by atoms with Gasteiger partial charge in [0.2, 0.25) is 11.8 Å². The third-order valence-corrected chi connectivity index (χ3v) is 2.79. The molecule has 0 saturated carbocycles. The SMILES string of the molecule is CNc1ccc2c(c1)CC(=O)N2C(=O)CCl. The van der Waals surface area contributed by atoms with E-state index in [4.69, 9.17) is 11.6 Å². The van der Waals surface area contributed by atoms with E-state index in [0.29, 0.717) is 5.69 Å². The molecule has 0 saturated heterocycles. The second-order valence-electron chi connectivity index (χ2n) is 3.53. The number of carbonyl (C=O) groups is 2. The minimum atomic E-state index is -0.373. The first kappa shape index (κ1) is 11.0. The predicted molar refractivity (Wildman–Crippen MR) is 62.9 cm³/mol.